The minimum Gasteiger partial charge on any atom is -0.496 e. The average molecular weight is 243 g/mol. The number of benzene rings is 1. The number of rotatable bonds is 3. The zero-order chi connectivity index (χ0) is 11.5. The molecule has 0 aliphatic heterocycles. The second kappa shape index (κ2) is 5.05. The normalized spacial score (nSPS) is 18.7. The first kappa shape index (κ1) is 11.7. The Morgan fingerprint density at radius 2 is 2.06 bits per heavy atom. The van der Waals surface area contributed by atoms with Gasteiger partial charge < -0.3 is 4.74 Å². The lowest BCUT2D eigenvalue weighted by Crippen LogP contribution is -2.05. The van der Waals surface area contributed by atoms with Gasteiger partial charge in [-0.25, -0.2) is 4.39 Å². The summed E-state index contributed by atoms with van der Waals surface area (Å²) in [5.41, 5.74) is 0.788. The van der Waals surface area contributed by atoms with Gasteiger partial charge >= 0.3 is 0 Å². The zero-order valence-electron chi connectivity index (χ0n) is 9.38. The smallest absolute Gasteiger partial charge is 0.123 e. The molecule has 0 N–H and O–H groups in total. The summed E-state index contributed by atoms with van der Waals surface area (Å²) < 4.78 is 18.4. The van der Waals surface area contributed by atoms with E-state index in [-0.39, 0.29) is 11.2 Å². The van der Waals surface area contributed by atoms with Gasteiger partial charge in [-0.2, -0.15) is 0 Å². The highest BCUT2D eigenvalue weighted by Crippen LogP contribution is 2.43. The number of hydrogen-bond donors (Lipinski definition) is 0. The van der Waals surface area contributed by atoms with Gasteiger partial charge in [0, 0.05) is 5.56 Å². The Hall–Kier alpha value is -0.760. The predicted molar refractivity (Wildman–Crippen MR) is 63.5 cm³/mol. The molecule has 16 heavy (non-hydrogen) atoms. The van der Waals surface area contributed by atoms with Gasteiger partial charge in [-0.15, -0.1) is 11.6 Å². The van der Waals surface area contributed by atoms with Crippen LogP contribution in [-0.4, -0.2) is 7.11 Å². The first-order chi connectivity index (χ1) is 7.72. The molecule has 2 rings (SSSR count). The highest BCUT2D eigenvalue weighted by Gasteiger charge is 2.26. The molecule has 0 radical (unpaired) electrons. The summed E-state index contributed by atoms with van der Waals surface area (Å²) in [6.45, 7) is 0. The predicted octanol–water partition coefficient (Wildman–Crippen LogP) is 4.30. The molecule has 1 saturated carbocycles. The Kier molecular flexibility index (Phi) is 3.70. The Balaban J connectivity index is 2.26. The van der Waals surface area contributed by atoms with Crippen LogP contribution in [0.1, 0.15) is 36.6 Å². The van der Waals surface area contributed by atoms with Crippen LogP contribution >= 0.6 is 11.6 Å². The summed E-state index contributed by atoms with van der Waals surface area (Å²) in [4.78, 5) is 0. The summed E-state index contributed by atoms with van der Waals surface area (Å²) in [7, 11) is 1.59. The molecule has 1 atom stereocenters. The third-order valence-electron chi connectivity index (χ3n) is 3.30. The molecule has 1 aliphatic rings. The van der Waals surface area contributed by atoms with Crippen molar-refractivity contribution in [3.05, 3.63) is 29.6 Å². The number of halogens is 2. The zero-order valence-corrected chi connectivity index (χ0v) is 10.1. The SMILES string of the molecule is COc1ccc(F)cc1C(Cl)C1CCCC1. The van der Waals surface area contributed by atoms with Gasteiger partial charge in [0.1, 0.15) is 11.6 Å². The van der Waals surface area contributed by atoms with Crippen LogP contribution in [0.25, 0.3) is 0 Å². The fourth-order valence-corrected chi connectivity index (χ4v) is 2.85. The Morgan fingerprint density at radius 3 is 2.69 bits per heavy atom. The number of methoxy groups -OCH3 is 1. The van der Waals surface area contributed by atoms with Crippen molar-refractivity contribution in [2.45, 2.75) is 31.1 Å². The standard InChI is InChI=1S/C13H16ClFO/c1-16-12-7-6-10(15)8-11(12)13(14)9-4-2-3-5-9/h6-9,13H,2-5H2,1H3. The number of alkyl halides is 1. The molecule has 0 bridgehead atoms. The highest BCUT2D eigenvalue weighted by molar-refractivity contribution is 6.21. The summed E-state index contributed by atoms with van der Waals surface area (Å²) in [5.74, 6) is 0.894. The molecule has 1 fully saturated rings. The van der Waals surface area contributed by atoms with Gasteiger partial charge in [0.15, 0.2) is 0 Å². The van der Waals surface area contributed by atoms with Crippen molar-refractivity contribution in [2.24, 2.45) is 5.92 Å². The molecule has 1 aliphatic carbocycles. The Bertz CT molecular complexity index is 361. The van der Waals surface area contributed by atoms with Crippen molar-refractivity contribution in [1.82, 2.24) is 0 Å². The van der Waals surface area contributed by atoms with E-state index >= 15 is 0 Å². The summed E-state index contributed by atoms with van der Waals surface area (Å²) in [6.07, 6.45) is 4.72. The molecule has 1 nitrogen and oxygen atoms in total. The topological polar surface area (TPSA) is 9.23 Å². The van der Waals surface area contributed by atoms with Gasteiger partial charge in [-0.05, 0) is 37.0 Å². The maximum atomic E-state index is 13.2. The van der Waals surface area contributed by atoms with Gasteiger partial charge in [-0.1, -0.05) is 12.8 Å². The van der Waals surface area contributed by atoms with Crippen molar-refractivity contribution in [2.75, 3.05) is 7.11 Å². The lowest BCUT2D eigenvalue weighted by molar-refractivity contribution is 0.400. The van der Waals surface area contributed by atoms with Crippen LogP contribution in [0.5, 0.6) is 5.75 Å². The van der Waals surface area contributed by atoms with Crippen LogP contribution < -0.4 is 4.74 Å². The molecule has 0 aromatic heterocycles. The lowest BCUT2D eigenvalue weighted by atomic mass is 9.96. The quantitative estimate of drug-likeness (QED) is 0.718. The average Bonchev–Trinajstić information content (AvgIpc) is 2.81. The largest absolute Gasteiger partial charge is 0.496 e. The van der Waals surface area contributed by atoms with Crippen LogP contribution in [0.3, 0.4) is 0 Å². The Morgan fingerprint density at radius 1 is 1.38 bits per heavy atom. The van der Waals surface area contributed by atoms with E-state index in [2.05, 4.69) is 0 Å². The third kappa shape index (κ3) is 2.32. The number of hydrogen-bond acceptors (Lipinski definition) is 1. The van der Waals surface area contributed by atoms with Crippen LogP contribution in [0.15, 0.2) is 18.2 Å². The van der Waals surface area contributed by atoms with E-state index in [0.29, 0.717) is 11.7 Å². The monoisotopic (exact) mass is 242 g/mol. The first-order valence-corrected chi connectivity index (χ1v) is 6.13. The molecule has 0 amide bonds. The molecule has 0 spiro atoms. The van der Waals surface area contributed by atoms with Gasteiger partial charge in [0.25, 0.3) is 0 Å². The Labute approximate surface area is 101 Å². The van der Waals surface area contributed by atoms with Gasteiger partial charge in [0.2, 0.25) is 0 Å². The third-order valence-corrected chi connectivity index (χ3v) is 3.89. The minimum absolute atomic E-state index is 0.131. The lowest BCUT2D eigenvalue weighted by Gasteiger charge is -2.19. The summed E-state index contributed by atoms with van der Waals surface area (Å²) in [6, 6.07) is 4.55. The molecule has 3 heteroatoms. The van der Waals surface area contributed by atoms with E-state index in [4.69, 9.17) is 16.3 Å². The molecule has 0 saturated heterocycles. The summed E-state index contributed by atoms with van der Waals surface area (Å²) >= 11 is 6.42. The highest BCUT2D eigenvalue weighted by atomic mass is 35.5. The van der Waals surface area contributed by atoms with E-state index in [1.807, 2.05) is 0 Å². The fourth-order valence-electron chi connectivity index (χ4n) is 2.42. The van der Waals surface area contributed by atoms with E-state index in [1.54, 1.807) is 13.2 Å². The van der Waals surface area contributed by atoms with E-state index in [9.17, 15) is 4.39 Å². The van der Waals surface area contributed by atoms with Crippen molar-refractivity contribution < 1.29 is 9.13 Å². The van der Waals surface area contributed by atoms with Crippen LogP contribution in [0.4, 0.5) is 4.39 Å². The second-order valence-electron chi connectivity index (χ2n) is 4.33. The fraction of sp³-hybridized carbons (Fsp3) is 0.538. The second-order valence-corrected chi connectivity index (χ2v) is 4.80. The van der Waals surface area contributed by atoms with Crippen LogP contribution in [-0.2, 0) is 0 Å². The van der Waals surface area contributed by atoms with Gasteiger partial charge in [-0.3, -0.25) is 0 Å². The van der Waals surface area contributed by atoms with E-state index < -0.39 is 0 Å². The molecule has 1 aromatic carbocycles. The molecular weight excluding hydrogens is 227 g/mol. The maximum absolute atomic E-state index is 13.2. The molecule has 1 aromatic rings. The number of ether oxygens (including phenoxy) is 1. The first-order valence-electron chi connectivity index (χ1n) is 5.70. The van der Waals surface area contributed by atoms with Gasteiger partial charge in [0.05, 0.1) is 12.5 Å². The molecule has 88 valence electrons. The van der Waals surface area contributed by atoms with Crippen molar-refractivity contribution in [3.63, 3.8) is 0 Å². The molecular formula is C13H16ClFO. The maximum Gasteiger partial charge on any atom is 0.123 e. The van der Waals surface area contributed by atoms with Crippen molar-refractivity contribution >= 4 is 11.6 Å². The van der Waals surface area contributed by atoms with Crippen LogP contribution in [0, 0.1) is 11.7 Å². The minimum atomic E-state index is -0.251. The van der Waals surface area contributed by atoms with E-state index in [1.165, 1.54) is 25.0 Å². The summed E-state index contributed by atoms with van der Waals surface area (Å²) in [5, 5.41) is -0.131. The van der Waals surface area contributed by atoms with Crippen molar-refractivity contribution in [3.8, 4) is 5.75 Å². The molecule has 1 unspecified atom stereocenters. The van der Waals surface area contributed by atoms with Crippen LogP contribution in [0.2, 0.25) is 0 Å². The van der Waals surface area contributed by atoms with E-state index in [0.717, 1.165) is 18.4 Å². The molecule has 0 heterocycles. The van der Waals surface area contributed by atoms with Crippen molar-refractivity contribution in [1.29, 1.82) is 0 Å².